The van der Waals surface area contributed by atoms with Crippen LogP contribution in [0.1, 0.15) is 39.2 Å². The van der Waals surface area contributed by atoms with Gasteiger partial charge in [0.1, 0.15) is 5.82 Å². The van der Waals surface area contributed by atoms with Crippen molar-refractivity contribution in [3.05, 3.63) is 34.1 Å². The Morgan fingerprint density at radius 2 is 1.88 bits per heavy atom. The van der Waals surface area contributed by atoms with Gasteiger partial charge in [0.2, 0.25) is 0 Å². The molecule has 0 nitrogen and oxygen atoms in total. The molecule has 0 radical (unpaired) electrons. The van der Waals surface area contributed by atoms with Crippen LogP contribution >= 0.6 is 31.9 Å². The molecule has 0 spiro atoms. The SMILES string of the molecule is CC(C)(C)C(Br)CCCc1cc(F)cc(Br)c1. The minimum Gasteiger partial charge on any atom is -0.207 e. The first kappa shape index (κ1) is 15.2. The summed E-state index contributed by atoms with van der Waals surface area (Å²) in [5.74, 6) is -0.166. The van der Waals surface area contributed by atoms with Gasteiger partial charge in [-0.15, -0.1) is 0 Å². The third-order valence-corrected chi connectivity index (χ3v) is 5.07. The van der Waals surface area contributed by atoms with Crippen molar-refractivity contribution in [1.82, 2.24) is 0 Å². The summed E-state index contributed by atoms with van der Waals surface area (Å²) in [7, 11) is 0. The zero-order valence-corrected chi connectivity index (χ0v) is 13.7. The van der Waals surface area contributed by atoms with E-state index in [0.29, 0.717) is 4.83 Å². The van der Waals surface area contributed by atoms with Crippen LogP contribution in [-0.2, 0) is 6.42 Å². The molecule has 17 heavy (non-hydrogen) atoms. The van der Waals surface area contributed by atoms with Gasteiger partial charge >= 0.3 is 0 Å². The Morgan fingerprint density at radius 3 is 2.41 bits per heavy atom. The van der Waals surface area contributed by atoms with E-state index in [1.807, 2.05) is 6.07 Å². The van der Waals surface area contributed by atoms with Gasteiger partial charge in [0.05, 0.1) is 0 Å². The summed E-state index contributed by atoms with van der Waals surface area (Å²) in [6.45, 7) is 6.68. The van der Waals surface area contributed by atoms with Crippen molar-refractivity contribution in [1.29, 1.82) is 0 Å². The smallest absolute Gasteiger partial charge is 0.124 e. The van der Waals surface area contributed by atoms with E-state index < -0.39 is 0 Å². The Bertz CT molecular complexity index is 349. The summed E-state index contributed by atoms with van der Waals surface area (Å²) in [6.07, 6.45) is 3.11. The molecule has 0 fully saturated rings. The quantitative estimate of drug-likeness (QED) is 0.598. The van der Waals surface area contributed by atoms with Crippen LogP contribution in [0.2, 0.25) is 0 Å². The second-order valence-electron chi connectivity index (χ2n) is 5.50. The van der Waals surface area contributed by atoms with Crippen molar-refractivity contribution in [3.8, 4) is 0 Å². The first-order valence-corrected chi connectivity index (χ1v) is 7.59. The number of hydrogen-bond acceptors (Lipinski definition) is 0. The summed E-state index contributed by atoms with van der Waals surface area (Å²) >= 11 is 7.03. The third kappa shape index (κ3) is 5.52. The van der Waals surface area contributed by atoms with Gasteiger partial charge < -0.3 is 0 Å². The van der Waals surface area contributed by atoms with Crippen LogP contribution in [0, 0.1) is 11.2 Å². The fourth-order valence-electron chi connectivity index (χ4n) is 1.67. The molecule has 0 aromatic heterocycles. The summed E-state index contributed by atoms with van der Waals surface area (Å²) in [4.78, 5) is 0.506. The highest BCUT2D eigenvalue weighted by Gasteiger charge is 2.20. The molecule has 0 aliphatic rings. The molecule has 0 saturated heterocycles. The summed E-state index contributed by atoms with van der Waals surface area (Å²) in [6, 6.07) is 5.10. The van der Waals surface area contributed by atoms with Crippen molar-refractivity contribution in [2.75, 3.05) is 0 Å². The molecule has 1 aromatic rings. The van der Waals surface area contributed by atoms with Crippen LogP contribution in [0.5, 0.6) is 0 Å². The Morgan fingerprint density at radius 1 is 1.24 bits per heavy atom. The van der Waals surface area contributed by atoms with E-state index in [9.17, 15) is 4.39 Å². The monoisotopic (exact) mass is 364 g/mol. The average molecular weight is 366 g/mol. The van der Waals surface area contributed by atoms with Crippen molar-refractivity contribution >= 4 is 31.9 Å². The van der Waals surface area contributed by atoms with Crippen LogP contribution in [0.4, 0.5) is 4.39 Å². The minimum atomic E-state index is -0.166. The highest BCUT2D eigenvalue weighted by Crippen LogP contribution is 2.30. The van der Waals surface area contributed by atoms with Gasteiger partial charge in [-0.2, -0.15) is 0 Å². The van der Waals surface area contributed by atoms with Crippen LogP contribution in [0.25, 0.3) is 0 Å². The zero-order valence-electron chi connectivity index (χ0n) is 10.6. The summed E-state index contributed by atoms with van der Waals surface area (Å²) in [5.41, 5.74) is 1.34. The first-order chi connectivity index (χ1) is 7.79. The van der Waals surface area contributed by atoms with E-state index in [-0.39, 0.29) is 11.2 Å². The van der Waals surface area contributed by atoms with Crippen molar-refractivity contribution < 1.29 is 4.39 Å². The third-order valence-electron chi connectivity index (χ3n) is 2.79. The minimum absolute atomic E-state index is 0.166. The molecular weight excluding hydrogens is 347 g/mol. The van der Waals surface area contributed by atoms with Crippen LogP contribution in [-0.4, -0.2) is 4.83 Å². The molecule has 1 atom stereocenters. The van der Waals surface area contributed by atoms with Crippen LogP contribution in [0.3, 0.4) is 0 Å². The maximum atomic E-state index is 13.2. The number of benzene rings is 1. The predicted octanol–water partition coefficient (Wildman–Crippen LogP) is 5.72. The number of rotatable bonds is 4. The molecule has 1 rings (SSSR count). The van der Waals surface area contributed by atoms with E-state index in [2.05, 4.69) is 52.6 Å². The van der Waals surface area contributed by atoms with E-state index in [1.54, 1.807) is 6.07 Å². The molecule has 0 amide bonds. The first-order valence-electron chi connectivity index (χ1n) is 5.88. The van der Waals surface area contributed by atoms with E-state index in [0.717, 1.165) is 29.3 Å². The second-order valence-corrected chi connectivity index (χ2v) is 7.52. The maximum absolute atomic E-state index is 13.2. The van der Waals surface area contributed by atoms with E-state index >= 15 is 0 Å². The fraction of sp³-hybridized carbons (Fsp3) is 0.571. The van der Waals surface area contributed by atoms with Gasteiger partial charge in [0, 0.05) is 9.30 Å². The van der Waals surface area contributed by atoms with Gasteiger partial charge in [0.15, 0.2) is 0 Å². The molecule has 0 bridgehead atoms. The molecule has 3 heteroatoms. The second kappa shape index (κ2) is 6.33. The van der Waals surface area contributed by atoms with Crippen LogP contribution < -0.4 is 0 Å². The lowest BCUT2D eigenvalue weighted by Crippen LogP contribution is -2.20. The fourth-order valence-corrected chi connectivity index (χ4v) is 2.51. The molecule has 0 heterocycles. The Labute approximate surface area is 120 Å². The molecule has 96 valence electrons. The number of hydrogen-bond donors (Lipinski definition) is 0. The maximum Gasteiger partial charge on any atom is 0.124 e. The number of alkyl halides is 1. The molecule has 0 N–H and O–H groups in total. The molecule has 1 aromatic carbocycles. The highest BCUT2D eigenvalue weighted by molar-refractivity contribution is 9.10. The molecular formula is C14H19Br2F. The van der Waals surface area contributed by atoms with Gasteiger partial charge in [0.25, 0.3) is 0 Å². The number of halogens is 3. The average Bonchev–Trinajstić information content (AvgIpc) is 2.14. The Hall–Kier alpha value is 0.110. The van der Waals surface area contributed by atoms with Gasteiger partial charge in [-0.1, -0.05) is 52.6 Å². The highest BCUT2D eigenvalue weighted by atomic mass is 79.9. The lowest BCUT2D eigenvalue weighted by Gasteiger charge is -2.25. The Kier molecular flexibility index (Phi) is 5.65. The van der Waals surface area contributed by atoms with Gasteiger partial charge in [-0.25, -0.2) is 4.39 Å². The number of aryl methyl sites for hydroxylation is 1. The molecule has 1 unspecified atom stereocenters. The largest absolute Gasteiger partial charge is 0.207 e. The molecule has 0 aliphatic heterocycles. The van der Waals surface area contributed by atoms with Crippen molar-refractivity contribution in [2.24, 2.45) is 5.41 Å². The zero-order chi connectivity index (χ0) is 13.1. The van der Waals surface area contributed by atoms with Gasteiger partial charge in [-0.05, 0) is 48.4 Å². The van der Waals surface area contributed by atoms with Gasteiger partial charge in [-0.3, -0.25) is 0 Å². The Balaban J connectivity index is 2.46. The lowest BCUT2D eigenvalue weighted by molar-refractivity contribution is 0.380. The standard InChI is InChI=1S/C14H19Br2F/c1-14(2,3)13(16)6-4-5-10-7-11(15)9-12(17)8-10/h7-9,13H,4-6H2,1-3H3. The van der Waals surface area contributed by atoms with Crippen molar-refractivity contribution in [2.45, 2.75) is 44.9 Å². The van der Waals surface area contributed by atoms with Crippen molar-refractivity contribution in [3.63, 3.8) is 0 Å². The molecule has 0 saturated carbocycles. The van der Waals surface area contributed by atoms with E-state index in [1.165, 1.54) is 6.07 Å². The van der Waals surface area contributed by atoms with Crippen LogP contribution in [0.15, 0.2) is 22.7 Å². The topological polar surface area (TPSA) is 0 Å². The summed E-state index contributed by atoms with van der Waals surface area (Å²) < 4.78 is 14.0. The molecule has 0 aliphatic carbocycles. The predicted molar refractivity (Wildman–Crippen MR) is 79.2 cm³/mol. The lowest BCUT2D eigenvalue weighted by atomic mass is 9.89. The normalized spacial score (nSPS) is 13.8. The summed E-state index contributed by atoms with van der Waals surface area (Å²) in [5, 5.41) is 0. The van der Waals surface area contributed by atoms with E-state index in [4.69, 9.17) is 0 Å².